The second-order valence-electron chi connectivity index (χ2n) is 5.21. The van der Waals surface area contributed by atoms with Gasteiger partial charge in [0.15, 0.2) is 0 Å². The molecule has 1 aromatic heterocycles. The van der Waals surface area contributed by atoms with Crippen molar-refractivity contribution in [2.75, 3.05) is 0 Å². The minimum absolute atomic E-state index is 0.0171. The van der Waals surface area contributed by atoms with Crippen LogP contribution in [0.15, 0.2) is 48.5 Å². The van der Waals surface area contributed by atoms with Gasteiger partial charge in [-0.15, -0.1) is 11.3 Å². The Morgan fingerprint density at radius 1 is 1.08 bits per heavy atom. The first-order valence-electron chi connectivity index (χ1n) is 7.00. The molecule has 2 aromatic carbocycles. The quantitative estimate of drug-likeness (QED) is 0.525. The zero-order valence-electron chi connectivity index (χ0n) is 12.4. The molecule has 1 heterocycles. The highest BCUT2D eigenvalue weighted by Gasteiger charge is 2.29. The van der Waals surface area contributed by atoms with Crippen LogP contribution in [0.3, 0.4) is 0 Å². The lowest BCUT2D eigenvalue weighted by Crippen LogP contribution is -2.08. The topological polar surface area (TPSA) is 59.1 Å². The molecule has 0 fully saturated rings. The van der Waals surface area contributed by atoms with E-state index in [-0.39, 0.29) is 12.4 Å². The van der Waals surface area contributed by atoms with Crippen LogP contribution in [0.5, 0.6) is 5.75 Å². The number of nitrogens with two attached hydrogens (primary N) is 1. The highest BCUT2D eigenvalue weighted by molar-refractivity contribution is 7.20. The van der Waals surface area contributed by atoms with Gasteiger partial charge in [0, 0.05) is 4.70 Å². The second-order valence-corrected chi connectivity index (χ2v) is 6.29. The lowest BCUT2D eigenvalue weighted by atomic mass is 10.1. The monoisotopic (exact) mass is 350 g/mol. The number of nitrogens with one attached hydrogen (secondary N) is 1. The van der Waals surface area contributed by atoms with Crippen molar-refractivity contribution < 1.29 is 17.9 Å². The van der Waals surface area contributed by atoms with Crippen molar-refractivity contribution in [1.82, 2.24) is 0 Å². The molecule has 0 bridgehead atoms. The van der Waals surface area contributed by atoms with E-state index in [1.54, 1.807) is 6.07 Å². The van der Waals surface area contributed by atoms with Gasteiger partial charge in [0.1, 0.15) is 18.2 Å². The van der Waals surface area contributed by atoms with Crippen LogP contribution in [0.25, 0.3) is 10.1 Å². The summed E-state index contributed by atoms with van der Waals surface area (Å²) in [7, 11) is 0. The molecule has 0 aliphatic rings. The maximum atomic E-state index is 12.5. The fourth-order valence-corrected chi connectivity index (χ4v) is 3.14. The Labute approximate surface area is 140 Å². The minimum Gasteiger partial charge on any atom is -0.489 e. The molecular formula is C17H13F3N2OS. The van der Waals surface area contributed by atoms with Crippen LogP contribution in [0.2, 0.25) is 0 Å². The predicted molar refractivity (Wildman–Crippen MR) is 88.6 cm³/mol. The van der Waals surface area contributed by atoms with Crippen LogP contribution in [0.1, 0.15) is 16.0 Å². The Morgan fingerprint density at radius 2 is 1.79 bits per heavy atom. The summed E-state index contributed by atoms with van der Waals surface area (Å²) >= 11 is 1.39. The van der Waals surface area contributed by atoms with Crippen molar-refractivity contribution in [3.05, 3.63) is 64.5 Å². The number of amidine groups is 1. The lowest BCUT2D eigenvalue weighted by molar-refractivity contribution is -0.137. The first-order valence-corrected chi connectivity index (χ1v) is 7.81. The summed E-state index contributed by atoms with van der Waals surface area (Å²) in [6, 6.07) is 12.2. The molecule has 0 aliphatic carbocycles. The van der Waals surface area contributed by atoms with E-state index in [4.69, 9.17) is 15.9 Å². The maximum absolute atomic E-state index is 12.5. The second kappa shape index (κ2) is 6.16. The molecule has 0 radical (unpaired) electrons. The molecule has 0 saturated heterocycles. The third kappa shape index (κ3) is 3.51. The van der Waals surface area contributed by atoms with E-state index >= 15 is 0 Å². The summed E-state index contributed by atoms with van der Waals surface area (Å²) in [5.41, 5.74) is 5.45. The van der Waals surface area contributed by atoms with Gasteiger partial charge >= 0.3 is 6.18 Å². The van der Waals surface area contributed by atoms with Crippen molar-refractivity contribution in [2.45, 2.75) is 12.8 Å². The normalized spacial score (nSPS) is 11.6. The predicted octanol–water partition coefficient (Wildman–Crippen LogP) is 4.78. The Hall–Kier alpha value is -2.54. The van der Waals surface area contributed by atoms with Crippen molar-refractivity contribution in [3.63, 3.8) is 0 Å². The largest absolute Gasteiger partial charge is 0.489 e. The van der Waals surface area contributed by atoms with E-state index in [2.05, 4.69) is 0 Å². The Morgan fingerprint density at radius 3 is 2.42 bits per heavy atom. The fraction of sp³-hybridized carbons (Fsp3) is 0.118. The van der Waals surface area contributed by atoms with Gasteiger partial charge in [-0.1, -0.05) is 12.1 Å². The molecule has 0 atom stereocenters. The van der Waals surface area contributed by atoms with Crippen LogP contribution in [-0.4, -0.2) is 5.84 Å². The number of halogens is 3. The summed E-state index contributed by atoms with van der Waals surface area (Å²) in [6.07, 6.45) is -4.34. The van der Waals surface area contributed by atoms with Crippen LogP contribution in [0, 0.1) is 5.41 Å². The molecule has 0 aliphatic heterocycles. The van der Waals surface area contributed by atoms with Crippen LogP contribution in [-0.2, 0) is 12.8 Å². The molecule has 3 nitrogen and oxygen atoms in total. The van der Waals surface area contributed by atoms with E-state index in [1.807, 2.05) is 18.2 Å². The third-order valence-corrected chi connectivity index (χ3v) is 4.57. The van der Waals surface area contributed by atoms with E-state index < -0.39 is 11.7 Å². The molecule has 0 amide bonds. The van der Waals surface area contributed by atoms with Gasteiger partial charge in [0.2, 0.25) is 0 Å². The molecule has 7 heteroatoms. The van der Waals surface area contributed by atoms with Crippen molar-refractivity contribution >= 4 is 27.3 Å². The highest BCUT2D eigenvalue weighted by Crippen LogP contribution is 2.30. The molecule has 124 valence electrons. The lowest BCUT2D eigenvalue weighted by Gasteiger charge is -2.09. The van der Waals surface area contributed by atoms with Gasteiger partial charge < -0.3 is 10.5 Å². The van der Waals surface area contributed by atoms with Gasteiger partial charge in [-0.05, 0) is 47.3 Å². The summed E-state index contributed by atoms with van der Waals surface area (Å²) in [5.74, 6) is 0.628. The molecule has 3 N–H and O–H groups in total. The first kappa shape index (κ1) is 16.3. The summed E-state index contributed by atoms with van der Waals surface area (Å²) < 4.78 is 44.1. The van der Waals surface area contributed by atoms with Gasteiger partial charge in [0.25, 0.3) is 0 Å². The van der Waals surface area contributed by atoms with Gasteiger partial charge in [0.05, 0.1) is 10.4 Å². The van der Waals surface area contributed by atoms with Gasteiger partial charge in [-0.2, -0.15) is 13.2 Å². The minimum atomic E-state index is -4.34. The smallest absolute Gasteiger partial charge is 0.416 e. The van der Waals surface area contributed by atoms with Crippen molar-refractivity contribution in [1.29, 1.82) is 5.41 Å². The van der Waals surface area contributed by atoms with Gasteiger partial charge in [-0.3, -0.25) is 5.41 Å². The summed E-state index contributed by atoms with van der Waals surface area (Å²) in [5, 5.41) is 8.42. The highest BCUT2D eigenvalue weighted by atomic mass is 32.1. The number of hydrogen-bond donors (Lipinski definition) is 2. The van der Waals surface area contributed by atoms with Crippen LogP contribution in [0.4, 0.5) is 13.2 Å². The number of thiophene rings is 1. The molecule has 0 unspecified atom stereocenters. The standard InChI is InChI=1S/C17H13F3N2OS/c18-17(19,20)12-4-1-10(2-5-12)9-23-13-6-3-11-7-15(16(21)22)24-14(11)8-13/h1-8H,9H2,(H3,21,22). The zero-order chi connectivity index (χ0) is 17.3. The maximum Gasteiger partial charge on any atom is 0.416 e. The van der Waals surface area contributed by atoms with Crippen molar-refractivity contribution in [3.8, 4) is 5.75 Å². The number of rotatable bonds is 4. The molecular weight excluding hydrogens is 337 g/mol. The molecule has 3 aromatic rings. The van der Waals surface area contributed by atoms with Crippen LogP contribution < -0.4 is 10.5 Å². The van der Waals surface area contributed by atoms with Crippen molar-refractivity contribution in [2.24, 2.45) is 5.73 Å². The number of nitrogen functional groups attached to an aromatic ring is 1. The third-order valence-electron chi connectivity index (χ3n) is 3.44. The fourth-order valence-electron chi connectivity index (χ4n) is 2.19. The molecule has 0 spiro atoms. The molecule has 0 saturated carbocycles. The Balaban J connectivity index is 1.72. The number of fused-ring (bicyclic) bond motifs is 1. The van der Waals surface area contributed by atoms with E-state index in [0.717, 1.165) is 22.2 Å². The molecule has 24 heavy (non-hydrogen) atoms. The number of alkyl halides is 3. The zero-order valence-corrected chi connectivity index (χ0v) is 13.2. The average Bonchev–Trinajstić information content (AvgIpc) is 2.96. The number of benzene rings is 2. The van der Waals surface area contributed by atoms with Gasteiger partial charge in [-0.25, -0.2) is 0 Å². The van der Waals surface area contributed by atoms with E-state index in [1.165, 1.54) is 23.5 Å². The summed E-state index contributed by atoms with van der Waals surface area (Å²) in [4.78, 5) is 0.685. The Bertz CT molecular complexity index is 885. The first-order chi connectivity index (χ1) is 11.3. The SMILES string of the molecule is N=C(N)c1cc2ccc(OCc3ccc(C(F)(F)F)cc3)cc2s1. The van der Waals surface area contributed by atoms with E-state index in [0.29, 0.717) is 16.2 Å². The molecule has 3 rings (SSSR count). The Kier molecular flexibility index (Phi) is 4.19. The number of hydrogen-bond acceptors (Lipinski definition) is 3. The summed E-state index contributed by atoms with van der Waals surface area (Å²) in [6.45, 7) is 0.175. The number of ether oxygens (including phenoxy) is 1. The van der Waals surface area contributed by atoms with Crippen LogP contribution >= 0.6 is 11.3 Å². The average molecular weight is 350 g/mol. The van der Waals surface area contributed by atoms with E-state index in [9.17, 15) is 13.2 Å².